The second-order valence-corrected chi connectivity index (χ2v) is 5.89. The molecule has 0 bridgehead atoms. The molecule has 0 aromatic heterocycles. The summed E-state index contributed by atoms with van der Waals surface area (Å²) < 4.78 is 24.0. The van der Waals surface area contributed by atoms with Gasteiger partial charge in [-0.05, 0) is 29.8 Å². The zero-order valence-corrected chi connectivity index (χ0v) is 11.9. The molecule has 0 spiro atoms. The SMILES string of the molecule is C=C(NNS(=O)(=O)c1ccccc1)c1ccc(C#N)cc1. The van der Waals surface area contributed by atoms with E-state index >= 15 is 0 Å². The Morgan fingerprint density at radius 1 is 1.05 bits per heavy atom. The van der Waals surface area contributed by atoms with Gasteiger partial charge in [0.15, 0.2) is 0 Å². The smallest absolute Gasteiger partial charge is 0.257 e. The van der Waals surface area contributed by atoms with Crippen molar-refractivity contribution in [3.05, 3.63) is 72.3 Å². The van der Waals surface area contributed by atoms with Crippen LogP contribution in [0, 0.1) is 11.3 Å². The molecule has 6 heteroatoms. The summed E-state index contributed by atoms with van der Waals surface area (Å²) >= 11 is 0. The molecule has 0 atom stereocenters. The van der Waals surface area contributed by atoms with Gasteiger partial charge in [0.25, 0.3) is 10.0 Å². The third-order valence-corrected chi connectivity index (χ3v) is 4.02. The Labute approximate surface area is 123 Å². The number of hydrogen-bond donors (Lipinski definition) is 2. The van der Waals surface area contributed by atoms with E-state index in [1.54, 1.807) is 42.5 Å². The van der Waals surface area contributed by atoms with Gasteiger partial charge in [-0.2, -0.15) is 5.26 Å². The van der Waals surface area contributed by atoms with Crippen LogP contribution in [0.3, 0.4) is 0 Å². The van der Waals surface area contributed by atoms with Crippen molar-refractivity contribution in [3.8, 4) is 6.07 Å². The lowest BCUT2D eigenvalue weighted by molar-refractivity contribution is 0.576. The highest BCUT2D eigenvalue weighted by molar-refractivity contribution is 7.89. The largest absolute Gasteiger partial charge is 0.308 e. The minimum absolute atomic E-state index is 0.158. The van der Waals surface area contributed by atoms with Gasteiger partial charge in [0.2, 0.25) is 0 Å². The topological polar surface area (TPSA) is 82.0 Å². The third-order valence-electron chi connectivity index (χ3n) is 2.75. The lowest BCUT2D eigenvalue weighted by Crippen LogP contribution is -2.35. The Morgan fingerprint density at radius 3 is 2.24 bits per heavy atom. The van der Waals surface area contributed by atoms with Crippen LogP contribution in [-0.2, 0) is 10.0 Å². The van der Waals surface area contributed by atoms with Crippen LogP contribution in [-0.4, -0.2) is 8.42 Å². The molecule has 2 rings (SSSR count). The van der Waals surface area contributed by atoms with E-state index in [0.717, 1.165) is 0 Å². The first-order chi connectivity index (χ1) is 10.0. The molecule has 0 aliphatic rings. The predicted molar refractivity (Wildman–Crippen MR) is 80.1 cm³/mol. The number of hydrogen-bond acceptors (Lipinski definition) is 4. The Kier molecular flexibility index (Phi) is 4.38. The summed E-state index contributed by atoms with van der Waals surface area (Å²) in [6.07, 6.45) is 0. The fourth-order valence-electron chi connectivity index (χ4n) is 1.61. The van der Waals surface area contributed by atoms with Gasteiger partial charge in [-0.1, -0.05) is 36.9 Å². The molecule has 0 heterocycles. The Morgan fingerprint density at radius 2 is 1.67 bits per heavy atom. The van der Waals surface area contributed by atoms with Gasteiger partial charge in [-0.15, -0.1) is 4.83 Å². The van der Waals surface area contributed by atoms with E-state index in [1.807, 2.05) is 6.07 Å². The number of sulfonamides is 1. The van der Waals surface area contributed by atoms with Gasteiger partial charge in [-0.3, -0.25) is 0 Å². The molecule has 0 saturated carbocycles. The van der Waals surface area contributed by atoms with E-state index in [0.29, 0.717) is 16.8 Å². The van der Waals surface area contributed by atoms with Crippen LogP contribution in [0.5, 0.6) is 0 Å². The lowest BCUT2D eigenvalue weighted by atomic mass is 10.1. The van der Waals surface area contributed by atoms with Gasteiger partial charge in [0, 0.05) is 5.70 Å². The summed E-state index contributed by atoms with van der Waals surface area (Å²) in [5, 5.41) is 8.72. The van der Waals surface area contributed by atoms with Crippen molar-refractivity contribution in [2.45, 2.75) is 4.90 Å². The fraction of sp³-hybridized carbons (Fsp3) is 0. The number of hydrazine groups is 1. The summed E-state index contributed by atoms with van der Waals surface area (Å²) in [6.45, 7) is 3.76. The molecular weight excluding hydrogens is 286 g/mol. The summed E-state index contributed by atoms with van der Waals surface area (Å²) in [5.41, 5.74) is 4.16. The van der Waals surface area contributed by atoms with Crippen molar-refractivity contribution in [1.82, 2.24) is 10.3 Å². The second-order valence-electron chi connectivity index (χ2n) is 4.21. The molecule has 21 heavy (non-hydrogen) atoms. The van der Waals surface area contributed by atoms with E-state index in [1.165, 1.54) is 12.1 Å². The standard InChI is InChI=1S/C15H13N3O2S/c1-12(14-9-7-13(11-16)8-10-14)17-18-21(19,20)15-5-3-2-4-6-15/h2-10,17-18H,1H2. The lowest BCUT2D eigenvalue weighted by Gasteiger charge is -2.11. The van der Waals surface area contributed by atoms with Crippen LogP contribution in [0.15, 0.2) is 66.1 Å². The fourth-order valence-corrected chi connectivity index (χ4v) is 2.50. The van der Waals surface area contributed by atoms with E-state index < -0.39 is 10.0 Å². The second kappa shape index (κ2) is 6.22. The van der Waals surface area contributed by atoms with Gasteiger partial charge in [0.1, 0.15) is 0 Å². The molecule has 0 amide bonds. The van der Waals surface area contributed by atoms with Crippen LogP contribution < -0.4 is 10.3 Å². The number of nitrogens with one attached hydrogen (secondary N) is 2. The van der Waals surface area contributed by atoms with E-state index in [9.17, 15) is 8.42 Å². The highest BCUT2D eigenvalue weighted by Crippen LogP contribution is 2.11. The summed E-state index contributed by atoms with van der Waals surface area (Å²) in [5.74, 6) is 0. The van der Waals surface area contributed by atoms with E-state index in [-0.39, 0.29) is 4.90 Å². The molecule has 2 aromatic rings. The number of nitrogens with zero attached hydrogens (tertiary/aromatic N) is 1. The number of benzene rings is 2. The highest BCUT2D eigenvalue weighted by Gasteiger charge is 2.13. The van der Waals surface area contributed by atoms with Crippen molar-refractivity contribution in [2.24, 2.45) is 0 Å². The molecular formula is C15H13N3O2S. The molecule has 0 aliphatic heterocycles. The monoisotopic (exact) mass is 299 g/mol. The third kappa shape index (κ3) is 3.69. The Balaban J connectivity index is 2.05. The molecule has 5 nitrogen and oxygen atoms in total. The van der Waals surface area contributed by atoms with E-state index in [2.05, 4.69) is 16.8 Å². The molecule has 0 saturated heterocycles. The van der Waals surface area contributed by atoms with E-state index in [4.69, 9.17) is 5.26 Å². The zero-order valence-electron chi connectivity index (χ0n) is 11.1. The number of rotatable bonds is 5. The minimum Gasteiger partial charge on any atom is -0.308 e. The molecule has 0 radical (unpaired) electrons. The van der Waals surface area contributed by atoms with Crippen molar-refractivity contribution in [3.63, 3.8) is 0 Å². The Bertz CT molecular complexity index is 776. The summed E-state index contributed by atoms with van der Waals surface area (Å²) in [6, 6.07) is 16.7. The number of nitriles is 1. The predicted octanol–water partition coefficient (Wildman–Crippen LogP) is 2.01. The Hall–Kier alpha value is -2.62. The van der Waals surface area contributed by atoms with Crippen molar-refractivity contribution < 1.29 is 8.42 Å². The van der Waals surface area contributed by atoms with Gasteiger partial charge >= 0.3 is 0 Å². The van der Waals surface area contributed by atoms with Gasteiger partial charge in [0.05, 0.1) is 16.5 Å². The first-order valence-electron chi connectivity index (χ1n) is 6.05. The van der Waals surface area contributed by atoms with Crippen LogP contribution in [0.25, 0.3) is 5.70 Å². The minimum atomic E-state index is -3.65. The van der Waals surface area contributed by atoms with Crippen molar-refractivity contribution in [1.29, 1.82) is 5.26 Å². The van der Waals surface area contributed by atoms with Gasteiger partial charge < -0.3 is 5.43 Å². The summed E-state index contributed by atoms with van der Waals surface area (Å²) in [7, 11) is -3.65. The average Bonchev–Trinajstić information content (AvgIpc) is 2.53. The van der Waals surface area contributed by atoms with Crippen LogP contribution in [0.1, 0.15) is 11.1 Å². The quantitative estimate of drug-likeness (QED) is 0.827. The van der Waals surface area contributed by atoms with Crippen LogP contribution in [0.2, 0.25) is 0 Å². The molecule has 0 unspecified atom stereocenters. The molecule has 2 aromatic carbocycles. The zero-order chi connectivity index (χ0) is 15.3. The first-order valence-corrected chi connectivity index (χ1v) is 7.53. The van der Waals surface area contributed by atoms with Crippen LogP contribution in [0.4, 0.5) is 0 Å². The van der Waals surface area contributed by atoms with Crippen molar-refractivity contribution in [2.75, 3.05) is 0 Å². The first kappa shape index (κ1) is 14.8. The maximum Gasteiger partial charge on any atom is 0.257 e. The average molecular weight is 299 g/mol. The molecule has 2 N–H and O–H groups in total. The maximum atomic E-state index is 12.0. The summed E-state index contributed by atoms with van der Waals surface area (Å²) in [4.78, 5) is 2.42. The molecule has 106 valence electrons. The molecule has 0 fully saturated rings. The maximum absolute atomic E-state index is 12.0. The van der Waals surface area contributed by atoms with Crippen LogP contribution >= 0.6 is 0 Å². The van der Waals surface area contributed by atoms with Crippen molar-refractivity contribution >= 4 is 15.7 Å². The highest BCUT2D eigenvalue weighted by atomic mass is 32.2. The normalized spacial score (nSPS) is 10.6. The molecule has 0 aliphatic carbocycles. The van der Waals surface area contributed by atoms with Gasteiger partial charge in [-0.25, -0.2) is 8.42 Å².